The van der Waals surface area contributed by atoms with Gasteiger partial charge in [0.1, 0.15) is 5.82 Å². The van der Waals surface area contributed by atoms with Gasteiger partial charge in [-0.15, -0.1) is 0 Å². The van der Waals surface area contributed by atoms with Gasteiger partial charge in [-0.05, 0) is 65.9 Å². The fourth-order valence-electron chi connectivity index (χ4n) is 4.96. The maximum Gasteiger partial charge on any atom is 0.240 e. The Morgan fingerprint density at radius 3 is 2.85 bits per heavy atom. The number of ether oxygens (including phenoxy) is 3. The van der Waals surface area contributed by atoms with Gasteiger partial charge in [-0.3, -0.25) is 4.90 Å². The van der Waals surface area contributed by atoms with Crippen LogP contribution in [0.25, 0.3) is 0 Å². The second kappa shape index (κ2) is 8.04. The van der Waals surface area contributed by atoms with Crippen molar-refractivity contribution in [2.75, 3.05) is 20.4 Å². The lowest BCUT2D eigenvalue weighted by atomic mass is 9.83. The van der Waals surface area contributed by atoms with Crippen molar-refractivity contribution in [2.45, 2.75) is 30.3 Å². The summed E-state index contributed by atoms with van der Waals surface area (Å²) in [5.41, 5.74) is 4.77. The number of nitrogens with zero attached hydrogens (tertiary/aromatic N) is 1. The number of fused-ring (bicyclic) bond motifs is 6. The lowest BCUT2D eigenvalue weighted by molar-refractivity contribution is 0.151. The molecule has 170 valence electrons. The molecule has 0 saturated carbocycles. The maximum absolute atomic E-state index is 13.6. The molecule has 6 nitrogen and oxygen atoms in total. The molecule has 2 atom stereocenters. The number of hydrogen-bond acceptors (Lipinski definition) is 6. The zero-order valence-electron chi connectivity index (χ0n) is 18.0. The van der Waals surface area contributed by atoms with E-state index in [9.17, 15) is 8.60 Å². The predicted molar refractivity (Wildman–Crippen MR) is 120 cm³/mol. The van der Waals surface area contributed by atoms with E-state index in [0.29, 0.717) is 11.5 Å². The molecule has 33 heavy (non-hydrogen) atoms. The average Bonchev–Trinajstić information content (AvgIpc) is 3.32. The number of methoxy groups -OCH3 is 1. The van der Waals surface area contributed by atoms with Crippen LogP contribution in [-0.2, 0) is 30.5 Å². The molecule has 0 N–H and O–H groups in total. The van der Waals surface area contributed by atoms with Crippen LogP contribution >= 0.6 is 0 Å². The molecule has 2 unspecified atom stereocenters. The van der Waals surface area contributed by atoms with Gasteiger partial charge in [0.25, 0.3) is 0 Å². The van der Waals surface area contributed by atoms with E-state index in [2.05, 4.69) is 11.0 Å². The second-order valence-electron chi connectivity index (χ2n) is 8.35. The minimum absolute atomic E-state index is 0.164. The molecule has 0 aromatic heterocycles. The molecule has 0 aliphatic carbocycles. The molecule has 3 aromatic rings. The Kier molecular flexibility index (Phi) is 4.99. The van der Waals surface area contributed by atoms with Gasteiger partial charge in [0, 0.05) is 24.7 Å². The molecule has 3 aromatic carbocycles. The first-order valence-corrected chi connectivity index (χ1v) is 11.9. The fourth-order valence-corrected chi connectivity index (χ4v) is 5.75. The third-order valence-corrected chi connectivity index (χ3v) is 7.53. The first-order valence-electron chi connectivity index (χ1n) is 10.8. The van der Waals surface area contributed by atoms with Crippen LogP contribution in [0.2, 0.25) is 0 Å². The van der Waals surface area contributed by atoms with Gasteiger partial charge < -0.3 is 18.4 Å². The number of rotatable bonds is 4. The summed E-state index contributed by atoms with van der Waals surface area (Å²) in [6, 6.07) is 13.8. The Morgan fingerprint density at radius 1 is 1.09 bits per heavy atom. The Balaban J connectivity index is 1.35. The van der Waals surface area contributed by atoms with E-state index in [1.54, 1.807) is 13.2 Å². The van der Waals surface area contributed by atoms with Gasteiger partial charge in [0.2, 0.25) is 17.9 Å². The summed E-state index contributed by atoms with van der Waals surface area (Å²) < 4.78 is 49.0. The Bertz CT molecular complexity index is 1280. The zero-order chi connectivity index (χ0) is 22.5. The van der Waals surface area contributed by atoms with Gasteiger partial charge in [-0.1, -0.05) is 12.1 Å². The van der Waals surface area contributed by atoms with Crippen molar-refractivity contribution in [1.29, 1.82) is 0 Å². The van der Waals surface area contributed by atoms with Crippen LogP contribution in [0.1, 0.15) is 28.3 Å². The molecule has 3 heterocycles. The summed E-state index contributed by atoms with van der Waals surface area (Å²) in [4.78, 5) is 2.70. The van der Waals surface area contributed by atoms with Gasteiger partial charge in [-0.25, -0.2) is 8.60 Å². The van der Waals surface area contributed by atoms with Crippen molar-refractivity contribution in [2.24, 2.45) is 0 Å². The fraction of sp³-hybridized carbons (Fsp3) is 0.280. The van der Waals surface area contributed by atoms with Crippen molar-refractivity contribution in [3.05, 3.63) is 76.6 Å². The summed E-state index contributed by atoms with van der Waals surface area (Å²) in [5, 5.41) is 0. The summed E-state index contributed by atoms with van der Waals surface area (Å²) in [6.07, 6.45) is 1.70. The summed E-state index contributed by atoms with van der Waals surface area (Å²) in [6.45, 7) is 1.96. The largest absolute Gasteiger partial charge is 0.493 e. The van der Waals surface area contributed by atoms with Crippen LogP contribution < -0.4 is 18.4 Å². The van der Waals surface area contributed by atoms with E-state index in [-0.39, 0.29) is 17.7 Å². The predicted octanol–water partition coefficient (Wildman–Crippen LogP) is 4.32. The number of benzene rings is 3. The van der Waals surface area contributed by atoms with Gasteiger partial charge in [-0.2, -0.15) is 0 Å². The maximum atomic E-state index is 13.6. The van der Waals surface area contributed by atoms with E-state index >= 15 is 0 Å². The highest BCUT2D eigenvalue weighted by Crippen LogP contribution is 2.47. The molecule has 0 spiro atoms. The summed E-state index contributed by atoms with van der Waals surface area (Å²) in [7, 11) is 1.56. The van der Waals surface area contributed by atoms with E-state index < -0.39 is 16.9 Å². The van der Waals surface area contributed by atoms with E-state index in [1.165, 1.54) is 34.9 Å². The van der Waals surface area contributed by atoms with Crippen molar-refractivity contribution < 1.29 is 27.0 Å². The van der Waals surface area contributed by atoms with E-state index in [0.717, 1.165) is 43.0 Å². The Hall–Kier alpha value is -3.10. The minimum Gasteiger partial charge on any atom is -0.493 e. The van der Waals surface area contributed by atoms with Crippen molar-refractivity contribution in [3.63, 3.8) is 0 Å². The highest BCUT2D eigenvalue weighted by Gasteiger charge is 2.36. The summed E-state index contributed by atoms with van der Waals surface area (Å²) >= 11 is -1.87. The smallest absolute Gasteiger partial charge is 0.240 e. The monoisotopic (exact) mass is 467 g/mol. The second-order valence-corrected chi connectivity index (χ2v) is 9.46. The quantitative estimate of drug-likeness (QED) is 0.570. The van der Waals surface area contributed by atoms with Crippen molar-refractivity contribution in [3.8, 4) is 23.0 Å². The molecule has 3 aliphatic rings. The normalized spacial score (nSPS) is 19.3. The zero-order valence-corrected chi connectivity index (χ0v) is 18.8. The first-order chi connectivity index (χ1) is 16.1. The molecular formula is C25H22FNO5S. The minimum atomic E-state index is -1.87. The van der Waals surface area contributed by atoms with Crippen LogP contribution in [0.3, 0.4) is 0 Å². The Labute approximate surface area is 193 Å². The topological polar surface area (TPSA) is 57.2 Å². The van der Waals surface area contributed by atoms with Crippen LogP contribution in [0.4, 0.5) is 4.39 Å². The van der Waals surface area contributed by atoms with E-state index in [1.807, 2.05) is 18.2 Å². The SMILES string of the molecule is COc1cc2c(cc1OS(=O)c1cccc(F)c1)C1Cc3ccc4c(c3CN1CC2)OCO4. The molecule has 6 rings (SSSR count). The molecule has 0 saturated heterocycles. The lowest BCUT2D eigenvalue weighted by Gasteiger charge is -2.41. The summed E-state index contributed by atoms with van der Waals surface area (Å²) in [5.74, 6) is 2.12. The molecule has 0 radical (unpaired) electrons. The van der Waals surface area contributed by atoms with Crippen LogP contribution in [0, 0.1) is 5.82 Å². The van der Waals surface area contributed by atoms with Gasteiger partial charge >= 0.3 is 0 Å². The van der Waals surface area contributed by atoms with Crippen LogP contribution in [0.15, 0.2) is 53.4 Å². The third-order valence-electron chi connectivity index (χ3n) is 6.56. The first kappa shape index (κ1) is 20.5. The highest BCUT2D eigenvalue weighted by atomic mass is 32.2. The molecule has 0 amide bonds. The molecule has 3 aliphatic heterocycles. The number of halogens is 1. The molecular weight excluding hydrogens is 445 g/mol. The molecule has 0 bridgehead atoms. The average molecular weight is 468 g/mol. The standard InChI is InChI=1S/C25H22FNO5S/c1-29-23-10-16-7-8-27-13-20-15(5-6-22-25(20)31-14-30-22)9-21(27)19(16)12-24(23)32-33(28)18-4-2-3-17(26)11-18/h2-6,10-12,21H,7-9,13-14H2,1H3. The van der Waals surface area contributed by atoms with Crippen molar-refractivity contribution >= 4 is 11.1 Å². The third kappa shape index (κ3) is 3.54. The highest BCUT2D eigenvalue weighted by molar-refractivity contribution is 7.80. The van der Waals surface area contributed by atoms with Gasteiger partial charge in [0.05, 0.1) is 12.0 Å². The van der Waals surface area contributed by atoms with Crippen LogP contribution in [0.5, 0.6) is 23.0 Å². The molecule has 0 fully saturated rings. The Morgan fingerprint density at radius 2 is 2.00 bits per heavy atom. The van der Waals surface area contributed by atoms with Crippen LogP contribution in [-0.4, -0.2) is 29.6 Å². The van der Waals surface area contributed by atoms with Crippen molar-refractivity contribution in [1.82, 2.24) is 4.90 Å². The van der Waals surface area contributed by atoms with E-state index in [4.69, 9.17) is 18.4 Å². The number of hydrogen-bond donors (Lipinski definition) is 0. The molecule has 8 heteroatoms. The van der Waals surface area contributed by atoms with Gasteiger partial charge in [0.15, 0.2) is 23.0 Å². The lowest BCUT2D eigenvalue weighted by Crippen LogP contribution is -2.39.